The zero-order valence-corrected chi connectivity index (χ0v) is 8.35. The van der Waals surface area contributed by atoms with Gasteiger partial charge in [-0.05, 0) is 41.0 Å². The molecule has 1 aromatic carbocycles. The van der Waals surface area contributed by atoms with Crippen LogP contribution >= 0.6 is 0 Å². The van der Waals surface area contributed by atoms with Crippen molar-refractivity contribution in [1.29, 1.82) is 0 Å². The number of aromatic nitrogens is 4. The topological polar surface area (TPSA) is 80.5 Å². The zero-order valence-electron chi connectivity index (χ0n) is 8.35. The van der Waals surface area contributed by atoms with Crippen LogP contribution in [0.4, 0.5) is 5.69 Å². The van der Waals surface area contributed by atoms with Gasteiger partial charge in [0.2, 0.25) is 0 Å². The summed E-state index contributed by atoms with van der Waals surface area (Å²) in [6.45, 7) is 0. The number of aryl methyl sites for hydroxylation is 2. The molecule has 3 N–H and O–H groups in total. The molecule has 15 heavy (non-hydrogen) atoms. The highest BCUT2D eigenvalue weighted by Crippen LogP contribution is 2.08. The van der Waals surface area contributed by atoms with Crippen LogP contribution in [0.25, 0.3) is 0 Å². The molecule has 2 rings (SSSR count). The smallest absolute Gasteiger partial charge is 0.148 e. The average Bonchev–Trinajstić information content (AvgIpc) is 2.74. The monoisotopic (exact) mass is 203 g/mol. The van der Waals surface area contributed by atoms with Crippen LogP contribution in [0.1, 0.15) is 17.8 Å². The largest absolute Gasteiger partial charge is 0.399 e. The predicted octanol–water partition coefficient (Wildman–Crippen LogP) is 0.957. The Kier molecular flexibility index (Phi) is 2.92. The molecule has 0 radical (unpaired) electrons. The zero-order chi connectivity index (χ0) is 10.5. The van der Waals surface area contributed by atoms with Crippen molar-refractivity contribution in [3.63, 3.8) is 0 Å². The molecule has 0 spiro atoms. The number of aromatic amines is 1. The molecule has 5 nitrogen and oxygen atoms in total. The second kappa shape index (κ2) is 4.54. The Balaban J connectivity index is 1.81. The summed E-state index contributed by atoms with van der Waals surface area (Å²) in [7, 11) is 0. The Morgan fingerprint density at radius 1 is 1.13 bits per heavy atom. The normalized spacial score (nSPS) is 10.4. The van der Waals surface area contributed by atoms with E-state index in [0.717, 1.165) is 30.8 Å². The van der Waals surface area contributed by atoms with E-state index in [4.69, 9.17) is 5.73 Å². The lowest BCUT2D eigenvalue weighted by atomic mass is 10.1. The van der Waals surface area contributed by atoms with E-state index in [1.807, 2.05) is 24.3 Å². The van der Waals surface area contributed by atoms with Crippen LogP contribution in [-0.2, 0) is 12.8 Å². The van der Waals surface area contributed by atoms with Crippen molar-refractivity contribution in [3.8, 4) is 0 Å². The Morgan fingerprint density at radius 2 is 1.93 bits per heavy atom. The number of H-pyrrole nitrogens is 1. The maximum Gasteiger partial charge on any atom is 0.148 e. The van der Waals surface area contributed by atoms with Gasteiger partial charge in [0.25, 0.3) is 0 Å². The second-order valence-electron chi connectivity index (χ2n) is 3.44. The fourth-order valence-electron chi connectivity index (χ4n) is 1.43. The molecular formula is C10H13N5. The lowest BCUT2D eigenvalue weighted by Gasteiger charge is -2.00. The summed E-state index contributed by atoms with van der Waals surface area (Å²) in [6.07, 6.45) is 2.92. The number of nitrogens with zero attached hydrogens (tertiary/aromatic N) is 3. The van der Waals surface area contributed by atoms with E-state index in [0.29, 0.717) is 0 Å². The minimum Gasteiger partial charge on any atom is -0.399 e. The number of hydrogen-bond donors (Lipinski definition) is 2. The van der Waals surface area contributed by atoms with Gasteiger partial charge in [0.1, 0.15) is 5.82 Å². The van der Waals surface area contributed by atoms with E-state index >= 15 is 0 Å². The van der Waals surface area contributed by atoms with Gasteiger partial charge >= 0.3 is 0 Å². The first kappa shape index (κ1) is 9.64. The summed E-state index contributed by atoms with van der Waals surface area (Å²) < 4.78 is 0. The van der Waals surface area contributed by atoms with Crippen LogP contribution in [0, 0.1) is 0 Å². The minimum absolute atomic E-state index is 0.804. The molecule has 1 heterocycles. The van der Waals surface area contributed by atoms with E-state index in [2.05, 4.69) is 20.6 Å². The average molecular weight is 203 g/mol. The Morgan fingerprint density at radius 3 is 2.60 bits per heavy atom. The van der Waals surface area contributed by atoms with Gasteiger partial charge in [-0.3, -0.25) is 0 Å². The number of benzene rings is 1. The maximum atomic E-state index is 5.60. The summed E-state index contributed by atoms with van der Waals surface area (Å²) in [4.78, 5) is 0. The maximum absolute atomic E-state index is 5.60. The molecule has 0 saturated heterocycles. The number of nitrogen functional groups attached to an aromatic ring is 1. The van der Waals surface area contributed by atoms with Gasteiger partial charge < -0.3 is 5.73 Å². The quantitative estimate of drug-likeness (QED) is 0.725. The van der Waals surface area contributed by atoms with E-state index < -0.39 is 0 Å². The highest BCUT2D eigenvalue weighted by Gasteiger charge is 1.98. The van der Waals surface area contributed by atoms with E-state index in [9.17, 15) is 0 Å². The third kappa shape index (κ3) is 2.77. The van der Waals surface area contributed by atoms with E-state index in [-0.39, 0.29) is 0 Å². The molecule has 1 aromatic heterocycles. The second-order valence-corrected chi connectivity index (χ2v) is 3.44. The Bertz CT molecular complexity index is 392. The number of hydrogen-bond acceptors (Lipinski definition) is 4. The van der Waals surface area contributed by atoms with Crippen molar-refractivity contribution >= 4 is 5.69 Å². The first-order chi connectivity index (χ1) is 7.34. The third-order valence-corrected chi connectivity index (χ3v) is 2.25. The summed E-state index contributed by atoms with van der Waals surface area (Å²) in [6, 6.07) is 7.94. The molecule has 0 bridgehead atoms. The van der Waals surface area contributed by atoms with Crippen molar-refractivity contribution in [3.05, 3.63) is 35.7 Å². The lowest BCUT2D eigenvalue weighted by molar-refractivity contribution is 0.773. The molecule has 78 valence electrons. The van der Waals surface area contributed by atoms with Gasteiger partial charge in [-0.1, -0.05) is 12.1 Å². The molecule has 0 atom stereocenters. The number of rotatable bonds is 4. The highest BCUT2D eigenvalue weighted by atomic mass is 15.5. The van der Waals surface area contributed by atoms with Gasteiger partial charge in [0, 0.05) is 12.1 Å². The van der Waals surface area contributed by atoms with Crippen LogP contribution in [0.5, 0.6) is 0 Å². The summed E-state index contributed by atoms with van der Waals surface area (Å²) >= 11 is 0. The van der Waals surface area contributed by atoms with Crippen LogP contribution in [0.3, 0.4) is 0 Å². The molecule has 2 aromatic rings. The number of nitrogens with two attached hydrogens (primary N) is 1. The van der Waals surface area contributed by atoms with Crippen molar-refractivity contribution in [1.82, 2.24) is 20.6 Å². The van der Waals surface area contributed by atoms with Crippen molar-refractivity contribution in [2.45, 2.75) is 19.3 Å². The van der Waals surface area contributed by atoms with Gasteiger partial charge in [0.15, 0.2) is 0 Å². The fourth-order valence-corrected chi connectivity index (χ4v) is 1.43. The number of nitrogens with one attached hydrogen (secondary N) is 1. The predicted molar refractivity (Wildman–Crippen MR) is 57.1 cm³/mol. The van der Waals surface area contributed by atoms with Crippen molar-refractivity contribution < 1.29 is 0 Å². The summed E-state index contributed by atoms with van der Waals surface area (Å²) in [5.41, 5.74) is 7.69. The molecule has 0 unspecified atom stereocenters. The third-order valence-electron chi connectivity index (χ3n) is 2.25. The van der Waals surface area contributed by atoms with E-state index in [1.165, 1.54) is 5.56 Å². The SMILES string of the molecule is Nc1ccc(CCCc2nnn[nH]2)cc1. The van der Waals surface area contributed by atoms with Gasteiger partial charge in [0.05, 0.1) is 0 Å². The van der Waals surface area contributed by atoms with Crippen LogP contribution in [0.15, 0.2) is 24.3 Å². The van der Waals surface area contributed by atoms with E-state index in [1.54, 1.807) is 0 Å². The molecule has 5 heteroatoms. The first-order valence-corrected chi connectivity index (χ1v) is 4.91. The Labute approximate surface area is 87.7 Å². The van der Waals surface area contributed by atoms with Gasteiger partial charge in [-0.25, -0.2) is 5.10 Å². The fraction of sp³-hybridized carbons (Fsp3) is 0.300. The lowest BCUT2D eigenvalue weighted by Crippen LogP contribution is -1.93. The standard InChI is InChI=1S/C10H13N5/c11-9-6-4-8(5-7-9)2-1-3-10-12-14-15-13-10/h4-7H,1-3,11H2,(H,12,13,14,15). The molecule has 0 aliphatic heterocycles. The van der Waals surface area contributed by atoms with Crippen LogP contribution < -0.4 is 5.73 Å². The molecule has 0 aliphatic rings. The molecular weight excluding hydrogens is 190 g/mol. The highest BCUT2D eigenvalue weighted by molar-refractivity contribution is 5.39. The molecule has 0 amide bonds. The van der Waals surface area contributed by atoms with Gasteiger partial charge in [-0.2, -0.15) is 0 Å². The molecule has 0 aliphatic carbocycles. The summed E-state index contributed by atoms with van der Waals surface area (Å²) in [5.74, 6) is 0.838. The van der Waals surface area contributed by atoms with Crippen molar-refractivity contribution in [2.24, 2.45) is 0 Å². The van der Waals surface area contributed by atoms with Crippen LogP contribution in [-0.4, -0.2) is 20.6 Å². The van der Waals surface area contributed by atoms with Gasteiger partial charge in [-0.15, -0.1) is 5.10 Å². The minimum atomic E-state index is 0.804. The number of tetrazole rings is 1. The first-order valence-electron chi connectivity index (χ1n) is 4.91. The molecule has 0 saturated carbocycles. The van der Waals surface area contributed by atoms with Crippen LogP contribution in [0.2, 0.25) is 0 Å². The Hall–Kier alpha value is -1.91. The molecule has 0 fully saturated rings. The number of anilines is 1. The summed E-state index contributed by atoms with van der Waals surface area (Å²) in [5, 5.41) is 13.6. The van der Waals surface area contributed by atoms with Crippen molar-refractivity contribution in [2.75, 3.05) is 5.73 Å².